The largest absolute Gasteiger partial charge is 0.462 e. The molecule has 256 valence electrons. The van der Waals surface area contributed by atoms with Crippen molar-refractivity contribution in [1.82, 2.24) is 14.9 Å². The highest BCUT2D eigenvalue weighted by Crippen LogP contribution is 2.40. The molecule has 2 saturated heterocycles. The van der Waals surface area contributed by atoms with Crippen LogP contribution in [0.2, 0.25) is 5.02 Å². The Bertz CT molecular complexity index is 1790. The van der Waals surface area contributed by atoms with Gasteiger partial charge in [0.15, 0.2) is 0 Å². The van der Waals surface area contributed by atoms with E-state index >= 15 is 0 Å². The highest BCUT2D eigenvalue weighted by atomic mass is 35.5. The number of nitrogens with zero attached hydrogens (tertiary/aromatic N) is 5. The molecule has 7 rings (SSSR count). The van der Waals surface area contributed by atoms with E-state index in [1.165, 1.54) is 37.3 Å². The fourth-order valence-electron chi connectivity index (χ4n) is 7.56. The lowest BCUT2D eigenvalue weighted by molar-refractivity contribution is -0.137. The number of aromatic nitrogens is 2. The Morgan fingerprint density at radius 1 is 1.00 bits per heavy atom. The molecule has 2 fully saturated rings. The Kier molecular flexibility index (Phi) is 10.6. The van der Waals surface area contributed by atoms with Crippen molar-refractivity contribution in [2.24, 2.45) is 0 Å². The van der Waals surface area contributed by atoms with Gasteiger partial charge in [0.05, 0.1) is 22.8 Å². The summed E-state index contributed by atoms with van der Waals surface area (Å²) >= 11 is 8.51. The van der Waals surface area contributed by atoms with Gasteiger partial charge in [-0.1, -0.05) is 66.2 Å². The van der Waals surface area contributed by atoms with Gasteiger partial charge in [-0.05, 0) is 74.4 Å². The zero-order valence-corrected chi connectivity index (χ0v) is 29.7. The molecule has 49 heavy (non-hydrogen) atoms. The molecule has 0 atom stereocenters. The lowest BCUT2D eigenvalue weighted by Gasteiger charge is -2.34. The second kappa shape index (κ2) is 15.4. The maximum atomic E-state index is 12.1. The first-order valence-corrected chi connectivity index (χ1v) is 18.9. The lowest BCUT2D eigenvalue weighted by atomic mass is 9.95. The molecule has 10 heteroatoms. The van der Waals surface area contributed by atoms with E-state index in [-0.39, 0.29) is 11.5 Å². The van der Waals surface area contributed by atoms with E-state index in [0.717, 1.165) is 82.7 Å². The predicted molar refractivity (Wildman–Crippen MR) is 201 cm³/mol. The van der Waals surface area contributed by atoms with Crippen LogP contribution in [0.3, 0.4) is 0 Å². The van der Waals surface area contributed by atoms with Crippen LogP contribution in [0.15, 0.2) is 72.8 Å². The summed E-state index contributed by atoms with van der Waals surface area (Å²) in [5.74, 6) is 2.23. The summed E-state index contributed by atoms with van der Waals surface area (Å²) in [5.41, 5.74) is 4.42. The minimum atomic E-state index is -0.320. The van der Waals surface area contributed by atoms with E-state index in [9.17, 15) is 4.79 Å². The average molecular weight is 698 g/mol. The van der Waals surface area contributed by atoms with Gasteiger partial charge in [0, 0.05) is 54.4 Å². The van der Waals surface area contributed by atoms with Crippen LogP contribution < -0.4 is 14.5 Å². The molecule has 0 unspecified atom stereocenters. The van der Waals surface area contributed by atoms with Gasteiger partial charge >= 0.3 is 12.0 Å². The Labute approximate surface area is 298 Å². The molecule has 8 nitrogen and oxygen atoms in total. The zero-order chi connectivity index (χ0) is 33.6. The number of carbonyl (C=O) groups is 1. The number of benzene rings is 3. The molecule has 3 aliphatic heterocycles. The van der Waals surface area contributed by atoms with E-state index in [2.05, 4.69) is 46.0 Å². The number of hydrogen-bond acceptors (Lipinski definition) is 9. The molecule has 0 aliphatic carbocycles. The Balaban J connectivity index is 1.02. The van der Waals surface area contributed by atoms with Crippen molar-refractivity contribution in [3.05, 3.63) is 94.6 Å². The molecule has 0 spiro atoms. The molecule has 0 N–H and O–H groups in total. The lowest BCUT2D eigenvalue weighted by Crippen LogP contribution is -2.43. The van der Waals surface area contributed by atoms with Crippen LogP contribution in [0.25, 0.3) is 16.8 Å². The molecular formula is C39H44ClN5O3S. The standard InChI is InChI=1S/C39H44ClN5O3S/c1-43(23-25-49-26-24-47-35(46)16-15-29-9-3-2-4-10-29)37-31-17-22-44(34-14-6-12-30-11-5-13-32(40)36(30)34)27-33(31)41-38(42-37)48-28-39-18-7-20-45(39)21-8-19-39/h2-6,9-16H,7-8,17-28H2,1H3/b16-15+. The zero-order valence-electron chi connectivity index (χ0n) is 28.2. The van der Waals surface area contributed by atoms with E-state index in [4.69, 9.17) is 31.0 Å². The van der Waals surface area contributed by atoms with Crippen LogP contribution in [-0.2, 0) is 22.5 Å². The van der Waals surface area contributed by atoms with E-state index in [1.807, 2.05) is 42.5 Å². The van der Waals surface area contributed by atoms with E-state index in [1.54, 1.807) is 17.8 Å². The van der Waals surface area contributed by atoms with Crippen molar-refractivity contribution < 1.29 is 14.3 Å². The maximum Gasteiger partial charge on any atom is 0.330 e. The first-order valence-electron chi connectivity index (χ1n) is 17.4. The van der Waals surface area contributed by atoms with Crippen LogP contribution >= 0.6 is 23.4 Å². The van der Waals surface area contributed by atoms with Gasteiger partial charge in [0.25, 0.3) is 0 Å². The van der Waals surface area contributed by atoms with E-state index < -0.39 is 0 Å². The summed E-state index contributed by atoms with van der Waals surface area (Å²) in [6.45, 7) is 5.63. The van der Waals surface area contributed by atoms with Crippen molar-refractivity contribution in [1.29, 1.82) is 0 Å². The number of halogens is 1. The number of carbonyl (C=O) groups excluding carboxylic acids is 1. The van der Waals surface area contributed by atoms with Crippen molar-refractivity contribution in [2.75, 3.05) is 67.7 Å². The summed E-state index contributed by atoms with van der Waals surface area (Å²) in [5, 5.41) is 2.98. The van der Waals surface area contributed by atoms with Crippen molar-refractivity contribution in [3.63, 3.8) is 0 Å². The summed E-state index contributed by atoms with van der Waals surface area (Å²) in [6.07, 6.45) is 8.90. The second-order valence-corrected chi connectivity index (χ2v) is 14.8. The average Bonchev–Trinajstić information content (AvgIpc) is 3.72. The SMILES string of the molecule is CN(CCSCCOC(=O)/C=C/c1ccccc1)c1nc(OCC23CCCN2CCC3)nc2c1CCN(c1cccc3cccc(Cl)c13)C2. The Hall–Kier alpha value is -3.79. The third-order valence-electron chi connectivity index (χ3n) is 10.1. The smallest absolute Gasteiger partial charge is 0.330 e. The quantitative estimate of drug-likeness (QED) is 0.0815. The van der Waals surface area contributed by atoms with Gasteiger partial charge < -0.3 is 19.3 Å². The number of rotatable bonds is 13. The maximum absolute atomic E-state index is 12.1. The Morgan fingerprint density at radius 3 is 2.61 bits per heavy atom. The van der Waals surface area contributed by atoms with Crippen molar-refractivity contribution in [2.45, 2.75) is 44.2 Å². The summed E-state index contributed by atoms with van der Waals surface area (Å²) in [7, 11) is 2.10. The first kappa shape index (κ1) is 33.7. The molecule has 0 bridgehead atoms. The topological polar surface area (TPSA) is 71.0 Å². The molecule has 0 amide bonds. The van der Waals surface area contributed by atoms with Crippen molar-refractivity contribution >= 4 is 57.7 Å². The number of thioether (sulfide) groups is 1. The summed E-state index contributed by atoms with van der Waals surface area (Å²) in [6, 6.07) is 22.7. The molecule has 0 radical (unpaired) electrons. The highest BCUT2D eigenvalue weighted by Gasteiger charge is 2.45. The van der Waals surface area contributed by atoms with Crippen LogP contribution in [-0.4, -0.2) is 84.3 Å². The van der Waals surface area contributed by atoms with Gasteiger partial charge in [-0.2, -0.15) is 21.7 Å². The number of esters is 1. The van der Waals surface area contributed by atoms with Crippen molar-refractivity contribution in [3.8, 4) is 6.01 Å². The molecular weight excluding hydrogens is 654 g/mol. The van der Waals surface area contributed by atoms with Crippen LogP contribution in [0, 0.1) is 0 Å². The first-order chi connectivity index (χ1) is 24.0. The van der Waals surface area contributed by atoms with Crippen LogP contribution in [0.4, 0.5) is 11.5 Å². The van der Waals surface area contributed by atoms with Crippen LogP contribution in [0.5, 0.6) is 6.01 Å². The fraction of sp³-hybridized carbons (Fsp3) is 0.410. The van der Waals surface area contributed by atoms with Gasteiger partial charge in [-0.3, -0.25) is 4.90 Å². The highest BCUT2D eigenvalue weighted by molar-refractivity contribution is 7.99. The number of fused-ring (bicyclic) bond motifs is 3. The third-order valence-corrected chi connectivity index (χ3v) is 11.3. The van der Waals surface area contributed by atoms with E-state index in [0.29, 0.717) is 25.8 Å². The monoisotopic (exact) mass is 697 g/mol. The van der Waals surface area contributed by atoms with Crippen LogP contribution in [0.1, 0.15) is 42.5 Å². The fourth-order valence-corrected chi connectivity index (χ4v) is 8.65. The second-order valence-electron chi connectivity index (χ2n) is 13.2. The Morgan fingerprint density at radius 2 is 1.80 bits per heavy atom. The van der Waals surface area contributed by atoms with Gasteiger partial charge in [-0.25, -0.2) is 4.79 Å². The number of anilines is 2. The molecule has 3 aromatic carbocycles. The molecule has 4 heterocycles. The predicted octanol–water partition coefficient (Wildman–Crippen LogP) is 7.28. The minimum absolute atomic E-state index is 0.120. The number of hydrogen-bond donors (Lipinski definition) is 0. The number of ether oxygens (including phenoxy) is 2. The van der Waals surface area contributed by atoms with Gasteiger partial charge in [0.2, 0.25) is 0 Å². The normalized spacial score (nSPS) is 17.0. The summed E-state index contributed by atoms with van der Waals surface area (Å²) < 4.78 is 11.9. The minimum Gasteiger partial charge on any atom is -0.462 e. The molecule has 4 aromatic rings. The summed E-state index contributed by atoms with van der Waals surface area (Å²) in [4.78, 5) is 29.5. The van der Waals surface area contributed by atoms with Gasteiger partial charge in [0.1, 0.15) is 19.0 Å². The third kappa shape index (κ3) is 7.69. The molecule has 0 saturated carbocycles. The molecule has 1 aromatic heterocycles. The van der Waals surface area contributed by atoms with Gasteiger partial charge in [-0.15, -0.1) is 0 Å². The molecule has 3 aliphatic rings.